The fraction of sp³-hybridized carbons (Fsp3) is 0.632. The number of benzene rings is 1. The maximum atomic E-state index is 12.7. The van der Waals surface area contributed by atoms with Crippen LogP contribution in [0.2, 0.25) is 0 Å². The summed E-state index contributed by atoms with van der Waals surface area (Å²) in [5.41, 5.74) is 1.31. The maximum absolute atomic E-state index is 12.7. The summed E-state index contributed by atoms with van der Waals surface area (Å²) in [5.74, 6) is 0.224. The average molecular weight is 331 g/mol. The van der Waals surface area contributed by atoms with Gasteiger partial charge in [-0.1, -0.05) is 30.3 Å². The Morgan fingerprint density at radius 3 is 2.83 bits per heavy atom. The highest BCUT2D eigenvalue weighted by Crippen LogP contribution is 2.16. The van der Waals surface area contributed by atoms with Gasteiger partial charge < -0.3 is 15.0 Å². The van der Waals surface area contributed by atoms with Crippen molar-refractivity contribution in [1.82, 2.24) is 15.1 Å². The van der Waals surface area contributed by atoms with Gasteiger partial charge in [-0.15, -0.1) is 0 Å². The third-order valence-electron chi connectivity index (χ3n) is 5.23. The predicted molar refractivity (Wildman–Crippen MR) is 94.7 cm³/mol. The van der Waals surface area contributed by atoms with Crippen LogP contribution in [0.15, 0.2) is 30.3 Å². The number of ether oxygens (including phenoxy) is 1. The molecule has 3 atom stereocenters. The second-order valence-electron chi connectivity index (χ2n) is 6.99. The van der Waals surface area contributed by atoms with Crippen molar-refractivity contribution in [1.29, 1.82) is 0 Å². The first-order valence-electron chi connectivity index (χ1n) is 9.04. The van der Waals surface area contributed by atoms with Crippen molar-refractivity contribution >= 4 is 5.91 Å². The van der Waals surface area contributed by atoms with E-state index < -0.39 is 0 Å². The summed E-state index contributed by atoms with van der Waals surface area (Å²) < 4.78 is 5.86. The third-order valence-corrected chi connectivity index (χ3v) is 5.23. The fourth-order valence-corrected chi connectivity index (χ4v) is 3.61. The average Bonchev–Trinajstić information content (AvgIpc) is 2.58. The molecule has 3 unspecified atom stereocenters. The van der Waals surface area contributed by atoms with Gasteiger partial charge >= 0.3 is 0 Å². The number of carbonyl (C=O) groups excluding carboxylic acids is 1. The summed E-state index contributed by atoms with van der Waals surface area (Å²) in [6.45, 7) is 9.33. The molecule has 2 saturated heterocycles. The number of carbonyl (C=O) groups is 1. The number of hydrogen-bond acceptors (Lipinski definition) is 4. The van der Waals surface area contributed by atoms with E-state index in [0.29, 0.717) is 19.1 Å². The van der Waals surface area contributed by atoms with Crippen LogP contribution in [0.5, 0.6) is 0 Å². The lowest BCUT2D eigenvalue weighted by atomic mass is 10.1. The molecule has 2 aliphatic rings. The van der Waals surface area contributed by atoms with E-state index in [1.54, 1.807) is 0 Å². The molecule has 1 aromatic carbocycles. The zero-order valence-corrected chi connectivity index (χ0v) is 14.8. The molecule has 0 aliphatic carbocycles. The summed E-state index contributed by atoms with van der Waals surface area (Å²) in [6.07, 6.45) is 0.495. The number of rotatable bonds is 4. The van der Waals surface area contributed by atoms with Gasteiger partial charge in [-0.25, -0.2) is 0 Å². The molecule has 0 aromatic heterocycles. The summed E-state index contributed by atoms with van der Waals surface area (Å²) >= 11 is 0. The van der Waals surface area contributed by atoms with Crippen molar-refractivity contribution in [3.8, 4) is 0 Å². The molecule has 2 fully saturated rings. The highest BCUT2D eigenvalue weighted by molar-refractivity contribution is 5.77. The molecule has 2 aliphatic heterocycles. The Hall–Kier alpha value is -1.43. The summed E-state index contributed by atoms with van der Waals surface area (Å²) in [7, 11) is 0. The number of nitrogens with zero attached hydrogens (tertiary/aromatic N) is 2. The van der Waals surface area contributed by atoms with E-state index >= 15 is 0 Å². The molecular weight excluding hydrogens is 302 g/mol. The minimum Gasteiger partial charge on any atom is -0.375 e. The molecule has 5 heteroatoms. The lowest BCUT2D eigenvalue weighted by Crippen LogP contribution is -2.58. The Morgan fingerprint density at radius 1 is 1.25 bits per heavy atom. The van der Waals surface area contributed by atoms with Crippen molar-refractivity contribution in [2.75, 3.05) is 32.8 Å². The lowest BCUT2D eigenvalue weighted by molar-refractivity contribution is -0.139. The number of amides is 1. The van der Waals surface area contributed by atoms with E-state index in [1.807, 2.05) is 11.0 Å². The van der Waals surface area contributed by atoms with Crippen LogP contribution in [0.4, 0.5) is 0 Å². The first-order chi connectivity index (χ1) is 11.6. The van der Waals surface area contributed by atoms with Crippen molar-refractivity contribution < 1.29 is 9.53 Å². The van der Waals surface area contributed by atoms with E-state index in [0.717, 1.165) is 32.7 Å². The van der Waals surface area contributed by atoms with Crippen LogP contribution in [0.3, 0.4) is 0 Å². The van der Waals surface area contributed by atoms with Crippen LogP contribution in [-0.2, 0) is 16.1 Å². The summed E-state index contributed by atoms with van der Waals surface area (Å²) in [5, 5.41) is 3.42. The van der Waals surface area contributed by atoms with Crippen molar-refractivity contribution in [2.24, 2.45) is 0 Å². The van der Waals surface area contributed by atoms with Gasteiger partial charge in [0.05, 0.1) is 19.1 Å². The van der Waals surface area contributed by atoms with E-state index in [2.05, 4.69) is 48.3 Å². The van der Waals surface area contributed by atoms with Gasteiger partial charge in [-0.3, -0.25) is 9.69 Å². The molecule has 24 heavy (non-hydrogen) atoms. The number of piperazine rings is 1. The Bertz CT molecular complexity index is 537. The number of hydrogen-bond donors (Lipinski definition) is 1. The van der Waals surface area contributed by atoms with Gasteiger partial charge in [0.1, 0.15) is 0 Å². The van der Waals surface area contributed by atoms with Gasteiger partial charge in [0.2, 0.25) is 5.91 Å². The third kappa shape index (κ3) is 4.35. The smallest absolute Gasteiger partial charge is 0.225 e. The van der Waals surface area contributed by atoms with Crippen LogP contribution in [0, 0.1) is 0 Å². The van der Waals surface area contributed by atoms with E-state index in [4.69, 9.17) is 4.74 Å². The van der Waals surface area contributed by atoms with Crippen LogP contribution in [-0.4, -0.2) is 66.7 Å². The highest BCUT2D eigenvalue weighted by atomic mass is 16.5. The minimum absolute atomic E-state index is 0.00681. The van der Waals surface area contributed by atoms with Crippen LogP contribution in [0.25, 0.3) is 0 Å². The molecular formula is C19H29N3O2. The number of nitrogens with one attached hydrogen (secondary N) is 1. The lowest BCUT2D eigenvalue weighted by Gasteiger charge is -2.40. The van der Waals surface area contributed by atoms with Gasteiger partial charge in [0.15, 0.2) is 0 Å². The SMILES string of the molecule is CC1NCCN(C(=O)CC2CN(Cc3ccccc3)CCO2)C1C. The number of morpholine rings is 1. The van der Waals surface area contributed by atoms with Crippen LogP contribution >= 0.6 is 0 Å². The largest absolute Gasteiger partial charge is 0.375 e. The van der Waals surface area contributed by atoms with Crippen molar-refractivity contribution in [3.05, 3.63) is 35.9 Å². The van der Waals surface area contributed by atoms with E-state index in [9.17, 15) is 4.79 Å². The molecule has 0 bridgehead atoms. The Kier molecular flexibility index (Phi) is 5.87. The maximum Gasteiger partial charge on any atom is 0.225 e. The van der Waals surface area contributed by atoms with Gasteiger partial charge in [0.25, 0.3) is 0 Å². The molecule has 1 N–H and O–H groups in total. The molecule has 0 radical (unpaired) electrons. The zero-order valence-electron chi connectivity index (χ0n) is 14.8. The van der Waals surface area contributed by atoms with Crippen LogP contribution < -0.4 is 5.32 Å². The van der Waals surface area contributed by atoms with Crippen molar-refractivity contribution in [3.63, 3.8) is 0 Å². The van der Waals surface area contributed by atoms with Gasteiger partial charge in [0, 0.05) is 44.8 Å². The zero-order chi connectivity index (χ0) is 16.9. The first kappa shape index (κ1) is 17.4. The second kappa shape index (κ2) is 8.10. The van der Waals surface area contributed by atoms with Gasteiger partial charge in [-0.05, 0) is 19.4 Å². The van der Waals surface area contributed by atoms with E-state index in [1.165, 1.54) is 5.56 Å². The molecule has 0 saturated carbocycles. The fourth-order valence-electron chi connectivity index (χ4n) is 3.61. The van der Waals surface area contributed by atoms with Gasteiger partial charge in [-0.2, -0.15) is 0 Å². The molecule has 132 valence electrons. The Labute approximate surface area is 145 Å². The Balaban J connectivity index is 1.52. The molecule has 5 nitrogen and oxygen atoms in total. The predicted octanol–water partition coefficient (Wildman–Crippen LogP) is 1.49. The summed E-state index contributed by atoms with van der Waals surface area (Å²) in [4.78, 5) is 17.1. The molecule has 1 amide bonds. The minimum atomic E-state index is 0.00681. The molecule has 1 aromatic rings. The Morgan fingerprint density at radius 2 is 2.04 bits per heavy atom. The molecule has 0 spiro atoms. The molecule has 3 rings (SSSR count). The van der Waals surface area contributed by atoms with Crippen molar-refractivity contribution in [2.45, 2.75) is 45.0 Å². The normalized spacial score (nSPS) is 28.8. The first-order valence-corrected chi connectivity index (χ1v) is 9.04. The highest BCUT2D eigenvalue weighted by Gasteiger charge is 2.31. The topological polar surface area (TPSA) is 44.8 Å². The summed E-state index contributed by atoms with van der Waals surface area (Å²) in [6, 6.07) is 11.1. The molecule has 2 heterocycles. The quantitative estimate of drug-likeness (QED) is 0.908. The van der Waals surface area contributed by atoms with E-state index in [-0.39, 0.29) is 18.1 Å². The monoisotopic (exact) mass is 331 g/mol. The standard InChI is InChI=1S/C19H29N3O2/c1-15-16(2)22(9-8-20-15)19(23)12-18-14-21(10-11-24-18)13-17-6-4-3-5-7-17/h3-7,15-16,18,20H,8-14H2,1-2H3. The second-order valence-corrected chi connectivity index (χ2v) is 6.99. The van der Waals surface area contributed by atoms with Crippen LogP contribution in [0.1, 0.15) is 25.8 Å².